The lowest BCUT2D eigenvalue weighted by Gasteiger charge is -2.36. The third-order valence-electron chi connectivity index (χ3n) is 4.76. The second kappa shape index (κ2) is 9.27. The zero-order valence-electron chi connectivity index (χ0n) is 14.3. The van der Waals surface area contributed by atoms with E-state index in [1.54, 1.807) is 0 Å². The van der Waals surface area contributed by atoms with Gasteiger partial charge in [0.15, 0.2) is 5.96 Å². The summed E-state index contributed by atoms with van der Waals surface area (Å²) in [5.41, 5.74) is -0.538. The van der Waals surface area contributed by atoms with Crippen LogP contribution < -0.4 is 10.6 Å². The Morgan fingerprint density at radius 2 is 1.95 bits per heavy atom. The van der Waals surface area contributed by atoms with Crippen LogP contribution in [0, 0.1) is 0 Å². The molecule has 2 aliphatic rings. The number of piperidine rings is 1. The van der Waals surface area contributed by atoms with E-state index in [1.807, 2.05) is 0 Å². The molecule has 2 fully saturated rings. The summed E-state index contributed by atoms with van der Waals surface area (Å²) in [4.78, 5) is 7.11. The first-order valence-corrected chi connectivity index (χ1v) is 8.54. The van der Waals surface area contributed by atoms with Crippen LogP contribution in [0.3, 0.4) is 0 Å². The molecule has 6 heteroatoms. The molecule has 0 radical (unpaired) electrons. The van der Waals surface area contributed by atoms with Gasteiger partial charge in [-0.15, -0.1) is 24.0 Å². The molecule has 1 heterocycles. The van der Waals surface area contributed by atoms with Gasteiger partial charge in [0.05, 0.1) is 12.1 Å². The third-order valence-corrected chi connectivity index (χ3v) is 4.76. The van der Waals surface area contributed by atoms with Crippen LogP contribution in [0.4, 0.5) is 0 Å². The van der Waals surface area contributed by atoms with E-state index in [0.29, 0.717) is 18.6 Å². The SMILES string of the molecule is CCNC(=NCC1(O)CCC1)NC1CCN(C(C)C)CC1.I. The summed E-state index contributed by atoms with van der Waals surface area (Å²) >= 11 is 0. The summed E-state index contributed by atoms with van der Waals surface area (Å²) in [6.45, 7) is 10.3. The molecule has 1 aliphatic heterocycles. The fraction of sp³-hybridized carbons (Fsp3) is 0.938. The highest BCUT2D eigenvalue weighted by atomic mass is 127. The number of halogens is 1. The van der Waals surface area contributed by atoms with Gasteiger partial charge in [0, 0.05) is 31.7 Å². The number of nitrogens with one attached hydrogen (secondary N) is 2. The Hall–Kier alpha value is -0.0800. The molecule has 0 bridgehead atoms. The summed E-state index contributed by atoms with van der Waals surface area (Å²) in [5, 5.41) is 17.0. The molecule has 5 nitrogen and oxygen atoms in total. The second-order valence-corrected chi connectivity index (χ2v) is 6.82. The first-order chi connectivity index (χ1) is 10.0. The lowest BCUT2D eigenvalue weighted by atomic mass is 9.80. The highest BCUT2D eigenvalue weighted by Crippen LogP contribution is 2.31. The molecule has 0 spiro atoms. The Balaban J connectivity index is 0.00000242. The van der Waals surface area contributed by atoms with E-state index in [-0.39, 0.29) is 24.0 Å². The largest absolute Gasteiger partial charge is 0.388 e. The maximum atomic E-state index is 10.2. The van der Waals surface area contributed by atoms with Crippen molar-refractivity contribution in [1.82, 2.24) is 15.5 Å². The molecule has 0 unspecified atom stereocenters. The maximum Gasteiger partial charge on any atom is 0.191 e. The molecule has 130 valence electrons. The second-order valence-electron chi connectivity index (χ2n) is 6.82. The van der Waals surface area contributed by atoms with Gasteiger partial charge in [-0.1, -0.05) is 0 Å². The van der Waals surface area contributed by atoms with Crippen LogP contribution in [0.2, 0.25) is 0 Å². The van der Waals surface area contributed by atoms with E-state index in [0.717, 1.165) is 57.7 Å². The lowest BCUT2D eigenvalue weighted by molar-refractivity contribution is -0.0236. The van der Waals surface area contributed by atoms with Crippen molar-refractivity contribution >= 4 is 29.9 Å². The Labute approximate surface area is 152 Å². The van der Waals surface area contributed by atoms with E-state index in [2.05, 4.69) is 41.3 Å². The highest BCUT2D eigenvalue weighted by molar-refractivity contribution is 14.0. The molecule has 0 atom stereocenters. The first-order valence-electron chi connectivity index (χ1n) is 8.54. The summed E-state index contributed by atoms with van der Waals surface area (Å²) in [5.74, 6) is 0.862. The van der Waals surface area contributed by atoms with Gasteiger partial charge < -0.3 is 20.6 Å². The lowest BCUT2D eigenvalue weighted by Crippen LogP contribution is -2.50. The zero-order valence-corrected chi connectivity index (χ0v) is 16.6. The van der Waals surface area contributed by atoms with Gasteiger partial charge in [0.25, 0.3) is 0 Å². The predicted octanol–water partition coefficient (Wildman–Crippen LogP) is 1.95. The van der Waals surface area contributed by atoms with E-state index < -0.39 is 5.60 Å². The van der Waals surface area contributed by atoms with Crippen molar-refractivity contribution in [3.05, 3.63) is 0 Å². The highest BCUT2D eigenvalue weighted by Gasteiger charge is 2.34. The Kier molecular flexibility index (Phi) is 8.42. The number of aliphatic imine (C=N–C) groups is 1. The van der Waals surface area contributed by atoms with Gasteiger partial charge in [-0.2, -0.15) is 0 Å². The van der Waals surface area contributed by atoms with Crippen molar-refractivity contribution in [3.63, 3.8) is 0 Å². The van der Waals surface area contributed by atoms with Crippen LogP contribution in [0.1, 0.15) is 52.9 Å². The van der Waals surface area contributed by atoms with Gasteiger partial charge in [0.1, 0.15) is 0 Å². The minimum atomic E-state index is -0.538. The molecule has 0 aromatic carbocycles. The molecule has 1 aliphatic carbocycles. The number of hydrogen-bond acceptors (Lipinski definition) is 3. The van der Waals surface area contributed by atoms with Gasteiger partial charge in [0.2, 0.25) is 0 Å². The smallest absolute Gasteiger partial charge is 0.191 e. The van der Waals surface area contributed by atoms with Gasteiger partial charge in [-0.25, -0.2) is 0 Å². The monoisotopic (exact) mass is 424 g/mol. The minimum absolute atomic E-state index is 0. The number of guanidine groups is 1. The summed E-state index contributed by atoms with van der Waals surface area (Å²) in [6.07, 6.45) is 5.23. The fourth-order valence-corrected chi connectivity index (χ4v) is 3.04. The van der Waals surface area contributed by atoms with Crippen LogP contribution >= 0.6 is 24.0 Å². The van der Waals surface area contributed by atoms with Crippen LogP contribution in [0.25, 0.3) is 0 Å². The van der Waals surface area contributed by atoms with Gasteiger partial charge >= 0.3 is 0 Å². The summed E-state index contributed by atoms with van der Waals surface area (Å²) < 4.78 is 0. The molecule has 2 rings (SSSR count). The average molecular weight is 424 g/mol. The van der Waals surface area contributed by atoms with Crippen molar-refractivity contribution in [3.8, 4) is 0 Å². The number of aliphatic hydroxyl groups is 1. The fourth-order valence-electron chi connectivity index (χ4n) is 3.04. The molecule has 1 saturated carbocycles. The molecule has 0 aromatic rings. The summed E-state index contributed by atoms with van der Waals surface area (Å²) in [7, 11) is 0. The van der Waals surface area contributed by atoms with Crippen LogP contribution in [0.5, 0.6) is 0 Å². The maximum absolute atomic E-state index is 10.2. The van der Waals surface area contributed by atoms with E-state index in [1.165, 1.54) is 0 Å². The Morgan fingerprint density at radius 1 is 1.32 bits per heavy atom. The van der Waals surface area contributed by atoms with Gasteiger partial charge in [-0.3, -0.25) is 4.99 Å². The molecule has 1 saturated heterocycles. The van der Waals surface area contributed by atoms with Crippen LogP contribution in [-0.4, -0.2) is 59.8 Å². The van der Waals surface area contributed by atoms with Crippen molar-refractivity contribution in [2.45, 2.75) is 70.6 Å². The summed E-state index contributed by atoms with van der Waals surface area (Å²) in [6, 6.07) is 1.13. The van der Waals surface area contributed by atoms with Crippen LogP contribution in [0.15, 0.2) is 4.99 Å². The first kappa shape index (κ1) is 20.0. The van der Waals surface area contributed by atoms with Crippen molar-refractivity contribution in [1.29, 1.82) is 0 Å². The third kappa shape index (κ3) is 5.85. The molecule has 0 aromatic heterocycles. The quantitative estimate of drug-likeness (QED) is 0.359. The molecule has 3 N–H and O–H groups in total. The van der Waals surface area contributed by atoms with Crippen molar-refractivity contribution < 1.29 is 5.11 Å². The van der Waals surface area contributed by atoms with Crippen molar-refractivity contribution in [2.24, 2.45) is 4.99 Å². The average Bonchev–Trinajstić information content (AvgIpc) is 2.43. The number of likely N-dealkylation sites (tertiary alicyclic amines) is 1. The van der Waals surface area contributed by atoms with E-state index in [4.69, 9.17) is 0 Å². The standard InChI is InChI=1S/C16H32N4O.HI/c1-4-17-15(18-12-16(21)8-5-9-16)19-14-6-10-20(11-7-14)13(2)3;/h13-14,21H,4-12H2,1-3H3,(H2,17,18,19);1H. The van der Waals surface area contributed by atoms with Crippen molar-refractivity contribution in [2.75, 3.05) is 26.2 Å². The normalized spacial score (nSPS) is 22.9. The Morgan fingerprint density at radius 3 is 2.41 bits per heavy atom. The number of hydrogen-bond donors (Lipinski definition) is 3. The van der Waals surface area contributed by atoms with Gasteiger partial charge in [-0.05, 0) is 52.9 Å². The number of rotatable bonds is 5. The number of nitrogens with zero attached hydrogens (tertiary/aromatic N) is 2. The zero-order chi connectivity index (χ0) is 15.3. The molecule has 0 amide bonds. The van der Waals surface area contributed by atoms with E-state index in [9.17, 15) is 5.11 Å². The predicted molar refractivity (Wildman–Crippen MR) is 103 cm³/mol. The molecule has 22 heavy (non-hydrogen) atoms. The topological polar surface area (TPSA) is 59.9 Å². The molecular formula is C16H33IN4O. The Bertz CT molecular complexity index is 350. The van der Waals surface area contributed by atoms with Crippen LogP contribution in [-0.2, 0) is 0 Å². The van der Waals surface area contributed by atoms with E-state index >= 15 is 0 Å². The minimum Gasteiger partial charge on any atom is -0.388 e. The molecular weight excluding hydrogens is 391 g/mol.